The maximum Gasteiger partial charge on any atom is 0.243 e. The van der Waals surface area contributed by atoms with E-state index in [2.05, 4.69) is 21.2 Å². The summed E-state index contributed by atoms with van der Waals surface area (Å²) in [6.45, 7) is 11.9. The van der Waals surface area contributed by atoms with Gasteiger partial charge in [0.25, 0.3) is 0 Å². The average molecular weight is 454 g/mol. The number of aromatic nitrogens is 2. The van der Waals surface area contributed by atoms with Crippen LogP contribution in [0.4, 0.5) is 5.13 Å². The molecule has 1 aromatic rings. The summed E-state index contributed by atoms with van der Waals surface area (Å²) in [6, 6.07) is 0. The number of aryl methyl sites for hydroxylation is 1. The molecule has 3 rings (SSSR count). The van der Waals surface area contributed by atoms with Crippen LogP contribution >= 0.6 is 36.3 Å². The minimum Gasteiger partial charge on any atom is -0.378 e. The molecule has 0 spiro atoms. The largest absolute Gasteiger partial charge is 0.378 e. The Bertz CT molecular complexity index is 660. The van der Waals surface area contributed by atoms with Crippen LogP contribution in [0.1, 0.15) is 46.4 Å². The van der Waals surface area contributed by atoms with Crippen molar-refractivity contribution in [2.75, 3.05) is 37.7 Å². The second-order valence-corrected chi connectivity index (χ2v) is 8.55. The molecule has 2 aliphatic rings. The highest BCUT2D eigenvalue weighted by molar-refractivity contribution is 7.09. The number of carbonyl (C=O) groups excluding carboxylic acids is 1. The molecular weight excluding hydrogens is 421 g/mol. The number of hydrogen-bond donors (Lipinski definition) is 1. The predicted molar refractivity (Wildman–Crippen MR) is 118 cm³/mol. The average Bonchev–Trinajstić information content (AvgIpc) is 2.97. The normalized spacial score (nSPS) is 26.5. The van der Waals surface area contributed by atoms with Crippen molar-refractivity contribution in [2.45, 2.75) is 58.6 Å². The number of nitrogens with two attached hydrogens (primary N) is 1. The fourth-order valence-corrected chi connectivity index (χ4v) is 4.71. The molecule has 0 bridgehead atoms. The first kappa shape index (κ1) is 25.4. The SMILES string of the molecule is CCOC1CC(N)(C(=O)N2CCCN(c3nc(CC)ns3)CC2)C1(C)C.Cl.Cl. The Balaban J connectivity index is 0.00000196. The van der Waals surface area contributed by atoms with E-state index in [1.54, 1.807) is 0 Å². The maximum atomic E-state index is 13.2. The lowest BCUT2D eigenvalue weighted by Crippen LogP contribution is -2.76. The van der Waals surface area contributed by atoms with E-state index in [0.717, 1.165) is 43.4 Å². The Morgan fingerprint density at radius 1 is 1.25 bits per heavy atom. The summed E-state index contributed by atoms with van der Waals surface area (Å²) in [6.07, 6.45) is 2.42. The smallest absolute Gasteiger partial charge is 0.243 e. The van der Waals surface area contributed by atoms with Gasteiger partial charge in [-0.15, -0.1) is 24.8 Å². The van der Waals surface area contributed by atoms with Gasteiger partial charge in [-0.1, -0.05) is 20.8 Å². The number of amides is 1. The van der Waals surface area contributed by atoms with E-state index in [1.165, 1.54) is 11.5 Å². The second-order valence-electron chi connectivity index (χ2n) is 7.82. The Morgan fingerprint density at radius 2 is 1.96 bits per heavy atom. The molecular formula is C18H33Cl2N5O2S. The summed E-state index contributed by atoms with van der Waals surface area (Å²) in [5.41, 5.74) is 5.41. The van der Waals surface area contributed by atoms with Gasteiger partial charge >= 0.3 is 0 Å². The van der Waals surface area contributed by atoms with Crippen LogP contribution < -0.4 is 10.6 Å². The van der Waals surface area contributed by atoms with Crippen molar-refractivity contribution in [3.8, 4) is 0 Å². The third-order valence-electron chi connectivity index (χ3n) is 6.04. The van der Waals surface area contributed by atoms with Gasteiger partial charge < -0.3 is 20.3 Å². The third-order valence-corrected chi connectivity index (χ3v) is 6.85. The van der Waals surface area contributed by atoms with Gasteiger partial charge in [-0.2, -0.15) is 4.37 Å². The summed E-state index contributed by atoms with van der Waals surface area (Å²) in [7, 11) is 0. The molecule has 1 aliphatic heterocycles. The zero-order chi connectivity index (χ0) is 18.9. The highest BCUT2D eigenvalue weighted by Crippen LogP contribution is 2.50. The number of ether oxygens (including phenoxy) is 1. The van der Waals surface area contributed by atoms with Gasteiger partial charge in [0.15, 0.2) is 0 Å². The standard InChI is InChI=1S/C18H31N5O2S.2ClH/c1-5-14-20-16(26-21-14)23-9-7-8-22(10-11-23)15(24)18(19)12-13(25-6-2)17(18,3)4;;/h13H,5-12,19H2,1-4H3;2*1H. The zero-order valence-electron chi connectivity index (χ0n) is 17.1. The summed E-state index contributed by atoms with van der Waals surface area (Å²) in [5.74, 6) is 0.952. The molecule has 2 fully saturated rings. The third kappa shape index (κ3) is 4.41. The van der Waals surface area contributed by atoms with Crippen molar-refractivity contribution in [1.82, 2.24) is 14.3 Å². The molecule has 162 valence electrons. The monoisotopic (exact) mass is 453 g/mol. The summed E-state index contributed by atoms with van der Waals surface area (Å²) >= 11 is 1.45. The van der Waals surface area contributed by atoms with Crippen molar-refractivity contribution in [3.05, 3.63) is 5.82 Å². The van der Waals surface area contributed by atoms with Gasteiger partial charge in [0.05, 0.1) is 6.10 Å². The van der Waals surface area contributed by atoms with E-state index in [0.29, 0.717) is 19.6 Å². The van der Waals surface area contributed by atoms with Crippen LogP contribution in [0.5, 0.6) is 0 Å². The minimum absolute atomic E-state index is 0. The van der Waals surface area contributed by atoms with E-state index in [9.17, 15) is 4.79 Å². The molecule has 2 heterocycles. The topological polar surface area (TPSA) is 84.6 Å². The van der Waals surface area contributed by atoms with E-state index in [-0.39, 0.29) is 42.2 Å². The van der Waals surface area contributed by atoms with Gasteiger partial charge in [-0.3, -0.25) is 4.79 Å². The Hall–Kier alpha value is -0.670. The summed E-state index contributed by atoms with van der Waals surface area (Å²) < 4.78 is 10.1. The van der Waals surface area contributed by atoms with Gasteiger partial charge in [0.1, 0.15) is 11.4 Å². The van der Waals surface area contributed by atoms with Crippen LogP contribution in [-0.4, -0.2) is 64.6 Å². The Kier molecular flexibility index (Phi) is 8.96. The van der Waals surface area contributed by atoms with Crippen LogP contribution in [0.3, 0.4) is 0 Å². The molecule has 28 heavy (non-hydrogen) atoms. The van der Waals surface area contributed by atoms with Crippen LogP contribution in [0.15, 0.2) is 0 Å². The van der Waals surface area contributed by atoms with Crippen LogP contribution in [0.25, 0.3) is 0 Å². The highest BCUT2D eigenvalue weighted by atomic mass is 35.5. The van der Waals surface area contributed by atoms with Gasteiger partial charge in [-0.25, -0.2) is 4.98 Å². The lowest BCUT2D eigenvalue weighted by Gasteiger charge is -2.58. The van der Waals surface area contributed by atoms with Crippen molar-refractivity contribution < 1.29 is 9.53 Å². The molecule has 2 unspecified atom stereocenters. The molecule has 1 saturated carbocycles. The number of halogens is 2. The summed E-state index contributed by atoms with van der Waals surface area (Å²) in [5, 5.41) is 0.957. The van der Waals surface area contributed by atoms with Crippen LogP contribution in [0.2, 0.25) is 0 Å². The number of carbonyl (C=O) groups is 1. The lowest BCUT2D eigenvalue weighted by atomic mass is 9.54. The number of anilines is 1. The Morgan fingerprint density at radius 3 is 2.54 bits per heavy atom. The quantitative estimate of drug-likeness (QED) is 0.736. The van der Waals surface area contributed by atoms with Gasteiger partial charge in [0, 0.05) is 62.6 Å². The molecule has 10 heteroatoms. The molecule has 1 aliphatic carbocycles. The number of hydrogen-bond acceptors (Lipinski definition) is 7. The van der Waals surface area contributed by atoms with E-state index in [4.69, 9.17) is 10.5 Å². The lowest BCUT2D eigenvalue weighted by molar-refractivity contribution is -0.179. The maximum absolute atomic E-state index is 13.2. The van der Waals surface area contributed by atoms with Crippen molar-refractivity contribution in [2.24, 2.45) is 11.1 Å². The van der Waals surface area contributed by atoms with E-state index in [1.807, 2.05) is 25.7 Å². The van der Waals surface area contributed by atoms with E-state index < -0.39 is 5.54 Å². The molecule has 0 radical (unpaired) electrons. The highest BCUT2D eigenvalue weighted by Gasteiger charge is 2.63. The molecule has 1 saturated heterocycles. The van der Waals surface area contributed by atoms with Crippen LogP contribution in [0, 0.1) is 5.41 Å². The molecule has 2 N–H and O–H groups in total. The van der Waals surface area contributed by atoms with Crippen molar-refractivity contribution >= 4 is 47.4 Å². The fraction of sp³-hybridized carbons (Fsp3) is 0.833. The Labute approximate surface area is 184 Å². The molecule has 2 atom stereocenters. The molecule has 1 aromatic heterocycles. The predicted octanol–water partition coefficient (Wildman–Crippen LogP) is 2.52. The second kappa shape index (κ2) is 9.89. The van der Waals surface area contributed by atoms with Crippen LogP contribution in [-0.2, 0) is 16.0 Å². The molecule has 7 nitrogen and oxygen atoms in total. The first-order valence-corrected chi connectivity index (χ1v) is 10.4. The first-order chi connectivity index (χ1) is 12.3. The molecule has 0 aromatic carbocycles. The van der Waals surface area contributed by atoms with Gasteiger partial charge in [-0.05, 0) is 13.3 Å². The minimum atomic E-state index is -0.833. The van der Waals surface area contributed by atoms with Gasteiger partial charge in [0.2, 0.25) is 11.0 Å². The summed E-state index contributed by atoms with van der Waals surface area (Å²) in [4.78, 5) is 22.0. The first-order valence-electron chi connectivity index (χ1n) is 9.61. The number of nitrogens with zero attached hydrogens (tertiary/aromatic N) is 4. The van der Waals surface area contributed by atoms with Crippen molar-refractivity contribution in [3.63, 3.8) is 0 Å². The van der Waals surface area contributed by atoms with E-state index >= 15 is 0 Å². The fourth-order valence-electron chi connectivity index (χ4n) is 3.91. The van der Waals surface area contributed by atoms with Crippen molar-refractivity contribution in [1.29, 1.82) is 0 Å². The zero-order valence-corrected chi connectivity index (χ0v) is 19.6. The number of rotatable bonds is 5. The molecule has 1 amide bonds.